The van der Waals surface area contributed by atoms with Crippen LogP contribution in [0.5, 0.6) is 0 Å². The summed E-state index contributed by atoms with van der Waals surface area (Å²) in [6.07, 6.45) is -1.19. The van der Waals surface area contributed by atoms with Crippen molar-refractivity contribution in [3.05, 3.63) is 34.4 Å². The maximum atomic E-state index is 11.0. The summed E-state index contributed by atoms with van der Waals surface area (Å²) in [5.41, 5.74) is -1.24. The topological polar surface area (TPSA) is 149 Å². The average Bonchev–Trinajstić information content (AvgIpc) is 2.28. The summed E-state index contributed by atoms with van der Waals surface area (Å²) in [5, 5.41) is 35.3. The molecule has 0 aromatic heterocycles. The van der Waals surface area contributed by atoms with Gasteiger partial charge >= 0.3 is 23.9 Å². The number of rotatable bonds is 6. The van der Waals surface area contributed by atoms with Crippen molar-refractivity contribution in [2.45, 2.75) is 12.8 Å². The average molecular weight is 282 g/mol. The third-order valence-electron chi connectivity index (χ3n) is 2.48. The molecule has 0 heterocycles. The summed E-state index contributed by atoms with van der Waals surface area (Å²) in [7, 11) is 0. The monoisotopic (exact) mass is 282 g/mol. The molecule has 8 nitrogen and oxygen atoms in total. The molecular weight excluding hydrogens is 272 g/mol. The van der Waals surface area contributed by atoms with Gasteiger partial charge in [0.1, 0.15) is 0 Å². The molecule has 0 amide bonds. The minimum atomic E-state index is -1.53. The molecule has 0 aliphatic rings. The highest BCUT2D eigenvalue weighted by Crippen LogP contribution is 2.19. The molecule has 1 aromatic rings. The molecule has 0 saturated heterocycles. The minimum Gasteiger partial charge on any atom is -0.481 e. The predicted octanol–water partition coefficient (Wildman–Crippen LogP) is 0.337. The Morgan fingerprint density at radius 1 is 0.700 bits per heavy atom. The third kappa shape index (κ3) is 3.55. The molecule has 0 aliphatic heterocycles. The number of aliphatic carboxylic acids is 2. The summed E-state index contributed by atoms with van der Waals surface area (Å²) >= 11 is 0. The molecule has 8 heteroatoms. The first kappa shape index (κ1) is 15.2. The highest BCUT2D eigenvalue weighted by Gasteiger charge is 2.21. The Bertz CT molecular complexity index is 549. The maximum Gasteiger partial charge on any atom is 0.336 e. The SMILES string of the molecule is O=C(O)Cc1cc(C(=O)O)c(C(=O)O)cc1CC(=O)O. The Morgan fingerprint density at radius 2 is 1.00 bits per heavy atom. The number of carboxylic acids is 4. The van der Waals surface area contributed by atoms with Crippen LogP contribution in [0.2, 0.25) is 0 Å². The normalized spacial score (nSPS) is 10.0. The molecule has 1 aromatic carbocycles. The van der Waals surface area contributed by atoms with Crippen molar-refractivity contribution in [1.29, 1.82) is 0 Å². The Labute approximate surface area is 111 Å². The summed E-state index contributed by atoms with van der Waals surface area (Å²) in [5.74, 6) is -5.63. The summed E-state index contributed by atoms with van der Waals surface area (Å²) < 4.78 is 0. The lowest BCUT2D eigenvalue weighted by molar-refractivity contribution is -0.137. The van der Waals surface area contributed by atoms with E-state index in [0.717, 1.165) is 12.1 Å². The van der Waals surface area contributed by atoms with E-state index in [9.17, 15) is 19.2 Å². The van der Waals surface area contributed by atoms with Crippen molar-refractivity contribution in [3.8, 4) is 0 Å². The standard InChI is InChI=1S/C12H10O8/c13-9(14)3-5-1-7(11(17)18)8(12(19)20)2-6(5)4-10(15)16/h1-2H,3-4H2,(H,13,14)(H,15,16)(H,17,18)(H,19,20). The highest BCUT2D eigenvalue weighted by molar-refractivity contribution is 6.02. The van der Waals surface area contributed by atoms with Gasteiger partial charge in [-0.2, -0.15) is 0 Å². The second-order valence-electron chi connectivity index (χ2n) is 3.92. The molecule has 0 saturated carbocycles. The molecule has 0 bridgehead atoms. The molecule has 0 atom stereocenters. The fraction of sp³-hybridized carbons (Fsp3) is 0.167. The first-order valence-electron chi connectivity index (χ1n) is 5.28. The van der Waals surface area contributed by atoms with Crippen LogP contribution in [0.25, 0.3) is 0 Å². The second kappa shape index (κ2) is 5.83. The Hall–Kier alpha value is -2.90. The van der Waals surface area contributed by atoms with Crippen LogP contribution in [-0.2, 0) is 22.4 Å². The van der Waals surface area contributed by atoms with Crippen LogP contribution in [0.3, 0.4) is 0 Å². The van der Waals surface area contributed by atoms with E-state index in [1.807, 2.05) is 0 Å². The van der Waals surface area contributed by atoms with Crippen molar-refractivity contribution >= 4 is 23.9 Å². The molecule has 0 unspecified atom stereocenters. The van der Waals surface area contributed by atoms with E-state index in [2.05, 4.69) is 0 Å². The van der Waals surface area contributed by atoms with Gasteiger partial charge in [-0.25, -0.2) is 9.59 Å². The zero-order valence-corrected chi connectivity index (χ0v) is 9.99. The number of carbonyl (C=O) groups is 4. The van der Waals surface area contributed by atoms with Gasteiger partial charge in [0, 0.05) is 0 Å². The smallest absolute Gasteiger partial charge is 0.336 e. The minimum absolute atomic E-state index is 0.0395. The van der Waals surface area contributed by atoms with Gasteiger partial charge < -0.3 is 20.4 Å². The van der Waals surface area contributed by atoms with Crippen LogP contribution in [0.1, 0.15) is 31.8 Å². The molecule has 106 valence electrons. The van der Waals surface area contributed by atoms with Gasteiger partial charge in [-0.3, -0.25) is 9.59 Å². The van der Waals surface area contributed by atoms with Crippen molar-refractivity contribution in [2.75, 3.05) is 0 Å². The molecule has 1 rings (SSSR count). The van der Waals surface area contributed by atoms with E-state index in [1.165, 1.54) is 0 Å². The second-order valence-corrected chi connectivity index (χ2v) is 3.92. The number of aromatic carboxylic acids is 2. The molecule has 0 spiro atoms. The van der Waals surface area contributed by atoms with E-state index in [4.69, 9.17) is 20.4 Å². The van der Waals surface area contributed by atoms with Gasteiger partial charge in [-0.05, 0) is 23.3 Å². The van der Waals surface area contributed by atoms with Crippen LogP contribution in [0, 0.1) is 0 Å². The van der Waals surface area contributed by atoms with E-state index >= 15 is 0 Å². The first-order chi connectivity index (χ1) is 9.22. The lowest BCUT2D eigenvalue weighted by atomic mass is 9.94. The van der Waals surface area contributed by atoms with Crippen molar-refractivity contribution in [2.24, 2.45) is 0 Å². The Kier molecular flexibility index (Phi) is 4.42. The molecule has 4 N–H and O–H groups in total. The highest BCUT2D eigenvalue weighted by atomic mass is 16.4. The third-order valence-corrected chi connectivity index (χ3v) is 2.48. The van der Waals surface area contributed by atoms with Gasteiger partial charge in [0.2, 0.25) is 0 Å². The van der Waals surface area contributed by atoms with E-state index in [0.29, 0.717) is 0 Å². The van der Waals surface area contributed by atoms with Gasteiger partial charge in [-0.1, -0.05) is 0 Å². The fourth-order valence-corrected chi connectivity index (χ4v) is 1.70. The number of carboxylic acid groups (broad SMARTS) is 4. The number of hydrogen-bond acceptors (Lipinski definition) is 4. The van der Waals surface area contributed by atoms with Gasteiger partial charge in [0.25, 0.3) is 0 Å². The Morgan fingerprint density at radius 3 is 1.20 bits per heavy atom. The van der Waals surface area contributed by atoms with Crippen LogP contribution in [0.4, 0.5) is 0 Å². The van der Waals surface area contributed by atoms with Crippen LogP contribution >= 0.6 is 0 Å². The maximum absolute atomic E-state index is 11.0. The van der Waals surface area contributed by atoms with Crippen molar-refractivity contribution in [3.63, 3.8) is 0 Å². The van der Waals surface area contributed by atoms with E-state index < -0.39 is 47.8 Å². The van der Waals surface area contributed by atoms with Gasteiger partial charge in [0.05, 0.1) is 24.0 Å². The largest absolute Gasteiger partial charge is 0.481 e. The van der Waals surface area contributed by atoms with Gasteiger partial charge in [-0.15, -0.1) is 0 Å². The quantitative estimate of drug-likeness (QED) is 0.583. The molecule has 0 radical (unpaired) electrons. The first-order valence-corrected chi connectivity index (χ1v) is 5.28. The fourth-order valence-electron chi connectivity index (χ4n) is 1.70. The number of benzene rings is 1. The lowest BCUT2D eigenvalue weighted by Gasteiger charge is -2.10. The Balaban J connectivity index is 3.50. The van der Waals surface area contributed by atoms with Crippen LogP contribution < -0.4 is 0 Å². The van der Waals surface area contributed by atoms with Gasteiger partial charge in [0.15, 0.2) is 0 Å². The van der Waals surface area contributed by atoms with E-state index in [-0.39, 0.29) is 11.1 Å². The van der Waals surface area contributed by atoms with Crippen molar-refractivity contribution < 1.29 is 39.6 Å². The number of hydrogen-bond donors (Lipinski definition) is 4. The van der Waals surface area contributed by atoms with Crippen molar-refractivity contribution in [1.82, 2.24) is 0 Å². The molecule has 0 fully saturated rings. The van der Waals surface area contributed by atoms with Crippen LogP contribution in [0.15, 0.2) is 12.1 Å². The summed E-state index contributed by atoms with van der Waals surface area (Å²) in [4.78, 5) is 43.3. The summed E-state index contributed by atoms with van der Waals surface area (Å²) in [6.45, 7) is 0. The van der Waals surface area contributed by atoms with Crippen LogP contribution in [-0.4, -0.2) is 44.3 Å². The molecule has 0 aliphatic carbocycles. The summed E-state index contributed by atoms with van der Waals surface area (Å²) in [6, 6.07) is 1.77. The lowest BCUT2D eigenvalue weighted by Crippen LogP contribution is -2.14. The zero-order valence-electron chi connectivity index (χ0n) is 9.99. The molecule has 20 heavy (non-hydrogen) atoms. The predicted molar refractivity (Wildman–Crippen MR) is 63.0 cm³/mol. The molecular formula is C12H10O8. The zero-order chi connectivity index (χ0) is 15.4. The van der Waals surface area contributed by atoms with E-state index in [1.54, 1.807) is 0 Å².